The lowest BCUT2D eigenvalue weighted by Gasteiger charge is -2.41. The quantitative estimate of drug-likeness (QED) is 0.101. The fourth-order valence-corrected chi connectivity index (χ4v) is 11.1. The molecule has 4 fully saturated rings. The van der Waals surface area contributed by atoms with Gasteiger partial charge in [0.2, 0.25) is 29.5 Å². The summed E-state index contributed by atoms with van der Waals surface area (Å²) in [6.45, 7) is 6.56. The summed E-state index contributed by atoms with van der Waals surface area (Å²) in [5.74, 6) is -3.93. The van der Waals surface area contributed by atoms with E-state index in [1.54, 1.807) is 45.2 Å². The lowest BCUT2D eigenvalue weighted by atomic mass is 9.81. The van der Waals surface area contributed by atoms with Crippen molar-refractivity contribution in [1.82, 2.24) is 20.4 Å². The standard InChI is InChI=1S/C48H64ClN5O13S/c1-26-9-8-10-33(25-56)48(64)22-35(65-46(63)51-48)27(2)42-47(4,67-42)37(21-39(58)53(7)34-19-30(17-26)18-32(24-55)41(34)49)66-45(62)28(3)52(6)38(57)15-16-68-36-20-40(59)54(44(36)61)23-29-11-13-31(14-12-29)43(60)50-5/h8-10,18-19,25,27-29,31,33,35-37,42,55,64H,11-17,20-24H2,1-7H3,(H,50,60)(H,51,63)/b10-8+,26-9+/t27-,28+,29?,31?,33+,35+,36?,37+,42+,47+,48+/m1/s1. The number of carbonyl (C=O) groups excluding carboxylic acids is 8. The zero-order valence-electron chi connectivity index (χ0n) is 39.7. The van der Waals surface area contributed by atoms with Crippen molar-refractivity contribution >= 4 is 76.9 Å². The van der Waals surface area contributed by atoms with Gasteiger partial charge in [0.05, 0.1) is 41.0 Å². The Labute approximate surface area is 405 Å². The molecule has 4 heterocycles. The molecule has 6 amide bonds. The Morgan fingerprint density at radius 3 is 2.50 bits per heavy atom. The Bertz CT molecular complexity index is 2220. The van der Waals surface area contributed by atoms with Gasteiger partial charge in [0, 0.05) is 64.5 Å². The van der Waals surface area contributed by atoms with Crippen LogP contribution in [0.15, 0.2) is 35.9 Å². The maximum Gasteiger partial charge on any atom is 0.409 e. The van der Waals surface area contributed by atoms with Crippen LogP contribution in [0.25, 0.3) is 0 Å². The Morgan fingerprint density at radius 2 is 1.84 bits per heavy atom. The van der Waals surface area contributed by atoms with Crippen molar-refractivity contribution in [3.63, 3.8) is 0 Å². The van der Waals surface area contributed by atoms with E-state index in [1.165, 1.54) is 53.6 Å². The molecule has 20 heteroatoms. The van der Waals surface area contributed by atoms with E-state index < -0.39 is 89.7 Å². The van der Waals surface area contributed by atoms with Crippen LogP contribution in [-0.4, -0.2) is 142 Å². The molecule has 372 valence electrons. The number of aliphatic hydroxyl groups excluding tert-OH is 1. The van der Waals surface area contributed by atoms with Gasteiger partial charge in [0.15, 0.2) is 5.72 Å². The molecule has 1 aliphatic carbocycles. The number of rotatable bonds is 12. The van der Waals surface area contributed by atoms with Gasteiger partial charge in [0.25, 0.3) is 0 Å². The Kier molecular flexibility index (Phi) is 16.9. The summed E-state index contributed by atoms with van der Waals surface area (Å²) in [5.41, 5.74) is -1.20. The minimum atomic E-state index is -2.03. The number of allylic oxidation sites excluding steroid dienone is 3. The zero-order chi connectivity index (χ0) is 49.8. The van der Waals surface area contributed by atoms with Crippen molar-refractivity contribution in [2.45, 2.75) is 133 Å². The molecule has 0 radical (unpaired) electrons. The third-order valence-corrected chi connectivity index (χ3v) is 16.0. The Hall–Kier alpha value is -4.82. The van der Waals surface area contributed by atoms with Gasteiger partial charge in [-0.2, -0.15) is 0 Å². The molecule has 1 saturated carbocycles. The number of ether oxygens (including phenoxy) is 3. The van der Waals surface area contributed by atoms with E-state index in [0.29, 0.717) is 48.9 Å². The average Bonchev–Trinajstić information content (AvgIpc) is 3.94. The summed E-state index contributed by atoms with van der Waals surface area (Å²) in [5, 5.41) is 26.5. The lowest BCUT2D eigenvalue weighted by molar-refractivity contribution is -0.162. The van der Waals surface area contributed by atoms with Gasteiger partial charge >= 0.3 is 12.1 Å². The van der Waals surface area contributed by atoms with Gasteiger partial charge in [-0.1, -0.05) is 48.4 Å². The summed E-state index contributed by atoms with van der Waals surface area (Å²) in [6.07, 6.45) is 3.92. The molecule has 4 N–H and O–H groups in total. The number of halogens is 1. The minimum absolute atomic E-state index is 0.00630. The number of epoxide rings is 1. The second kappa shape index (κ2) is 21.9. The molecular formula is C48H64ClN5O13S. The number of imide groups is 1. The summed E-state index contributed by atoms with van der Waals surface area (Å²) in [6, 6.07) is 2.27. The highest BCUT2D eigenvalue weighted by Crippen LogP contribution is 2.49. The maximum atomic E-state index is 14.3. The van der Waals surface area contributed by atoms with E-state index in [0.717, 1.165) is 18.4 Å². The summed E-state index contributed by atoms with van der Waals surface area (Å²) >= 11 is 7.96. The number of carbonyl (C=O) groups is 8. The first-order valence-electron chi connectivity index (χ1n) is 23.1. The van der Waals surface area contributed by atoms with Gasteiger partial charge in [-0.05, 0) is 76.0 Å². The molecule has 68 heavy (non-hydrogen) atoms. The lowest BCUT2D eigenvalue weighted by Crippen LogP contribution is -2.61. The molecule has 4 aliphatic heterocycles. The van der Waals surface area contributed by atoms with Crippen LogP contribution in [0.4, 0.5) is 10.5 Å². The summed E-state index contributed by atoms with van der Waals surface area (Å²) in [4.78, 5) is 109. The van der Waals surface area contributed by atoms with Crippen LogP contribution in [-0.2, 0) is 60.8 Å². The van der Waals surface area contributed by atoms with Crippen molar-refractivity contribution in [2.75, 3.05) is 38.3 Å². The van der Waals surface area contributed by atoms with Crippen LogP contribution in [0.2, 0.25) is 5.02 Å². The smallest absolute Gasteiger partial charge is 0.409 e. The number of benzene rings is 1. The van der Waals surface area contributed by atoms with E-state index in [1.807, 2.05) is 6.92 Å². The average molecular weight is 987 g/mol. The maximum absolute atomic E-state index is 14.3. The number of hydrogen-bond acceptors (Lipinski definition) is 14. The monoisotopic (exact) mass is 985 g/mol. The first kappa shape index (κ1) is 52.5. The Morgan fingerprint density at radius 1 is 1.13 bits per heavy atom. The number of thioether (sulfide) groups is 1. The number of anilines is 1. The molecule has 0 aromatic heterocycles. The van der Waals surface area contributed by atoms with Gasteiger partial charge in [-0.25, -0.2) is 9.59 Å². The Balaban J connectivity index is 1.15. The first-order valence-corrected chi connectivity index (χ1v) is 24.6. The van der Waals surface area contributed by atoms with Crippen molar-refractivity contribution in [2.24, 2.45) is 23.7 Å². The van der Waals surface area contributed by atoms with Gasteiger partial charge in [-0.3, -0.25) is 34.2 Å². The molecule has 1 unspecified atom stereocenters. The van der Waals surface area contributed by atoms with Crippen LogP contribution >= 0.6 is 23.4 Å². The largest absolute Gasteiger partial charge is 0.457 e. The van der Waals surface area contributed by atoms with E-state index in [9.17, 15) is 48.6 Å². The van der Waals surface area contributed by atoms with Crippen molar-refractivity contribution < 1.29 is 62.8 Å². The van der Waals surface area contributed by atoms with Gasteiger partial charge in [0.1, 0.15) is 30.1 Å². The highest BCUT2D eigenvalue weighted by atomic mass is 35.5. The fourth-order valence-electron chi connectivity index (χ4n) is 9.72. The second-order valence-electron chi connectivity index (χ2n) is 19.0. The molecule has 5 aliphatic rings. The number of likely N-dealkylation sites (tertiary alicyclic amines) is 1. The zero-order valence-corrected chi connectivity index (χ0v) is 41.2. The van der Waals surface area contributed by atoms with Crippen molar-refractivity contribution in [3.05, 3.63) is 52.1 Å². The predicted molar refractivity (Wildman–Crippen MR) is 251 cm³/mol. The van der Waals surface area contributed by atoms with Crippen molar-refractivity contribution in [1.29, 1.82) is 0 Å². The number of nitrogens with one attached hydrogen (secondary N) is 2. The van der Waals surface area contributed by atoms with Crippen LogP contribution < -0.4 is 15.5 Å². The van der Waals surface area contributed by atoms with Crippen molar-refractivity contribution in [3.8, 4) is 0 Å². The molecule has 1 aromatic carbocycles. The predicted octanol–water partition coefficient (Wildman–Crippen LogP) is 3.60. The number of esters is 1. The highest BCUT2D eigenvalue weighted by Gasteiger charge is 2.64. The molecule has 9 atom stereocenters. The number of nitrogens with zero attached hydrogens (tertiary/aromatic N) is 3. The molecule has 3 saturated heterocycles. The first-order chi connectivity index (χ1) is 32.1. The van der Waals surface area contributed by atoms with E-state index in [-0.39, 0.29) is 59.6 Å². The van der Waals surface area contributed by atoms with Crippen LogP contribution in [0, 0.1) is 23.7 Å². The number of aliphatic hydroxyl groups is 2. The number of alkyl carbamates (subject to hydrolysis) is 1. The number of fused-ring (bicyclic) bond motifs is 5. The fraction of sp³-hybridized carbons (Fsp3) is 0.625. The van der Waals surface area contributed by atoms with Gasteiger partial charge in [-0.15, -0.1) is 11.8 Å². The number of aldehydes is 1. The molecule has 1 aromatic rings. The number of likely N-dealkylation sites (N-methyl/N-ethyl adjacent to an activating group) is 1. The molecular weight excluding hydrogens is 922 g/mol. The van der Waals surface area contributed by atoms with Gasteiger partial charge < -0.3 is 44.3 Å². The van der Waals surface area contributed by atoms with E-state index in [4.69, 9.17) is 25.8 Å². The van der Waals surface area contributed by atoms with Crippen LogP contribution in [0.5, 0.6) is 0 Å². The number of hydrogen-bond donors (Lipinski definition) is 4. The number of amides is 6. The second-order valence-corrected chi connectivity index (χ2v) is 20.7. The van der Waals surface area contributed by atoms with E-state index >= 15 is 0 Å². The minimum Gasteiger partial charge on any atom is -0.457 e. The normalized spacial score (nSPS) is 32.7. The van der Waals surface area contributed by atoms with Crippen LogP contribution in [0.1, 0.15) is 90.2 Å². The molecule has 6 rings (SSSR count). The SMILES string of the molecule is CNC(=O)C1CCC(CN2C(=O)CC(SCCC(=O)N(C)[C@@H](C)C(=O)O[C@H]3CC(=O)N(C)c4cc(cc(CO)c4Cl)C/C(C)=C/C=C/[C@@H](C=O)[C@@]4(O)C[C@H](OC(=O)N4)[C@@H](C)[C@@H]4O[C@@]34C)C2=O)CC1. The highest BCUT2D eigenvalue weighted by molar-refractivity contribution is 8.00. The third-order valence-electron chi connectivity index (χ3n) is 14.3. The summed E-state index contributed by atoms with van der Waals surface area (Å²) < 4.78 is 18.0. The topological polar surface area (TPSA) is 242 Å². The molecule has 4 bridgehead atoms. The van der Waals surface area contributed by atoms with Crippen LogP contribution in [0.3, 0.4) is 0 Å². The summed E-state index contributed by atoms with van der Waals surface area (Å²) in [7, 11) is 4.56. The molecule has 18 nitrogen and oxygen atoms in total. The van der Waals surface area contributed by atoms with E-state index in [2.05, 4.69) is 10.6 Å². The third kappa shape index (κ3) is 11.6. The molecule has 0 spiro atoms.